The Labute approximate surface area is 135 Å². The van der Waals surface area contributed by atoms with Gasteiger partial charge in [0.25, 0.3) is 5.91 Å². The van der Waals surface area contributed by atoms with E-state index in [1.165, 1.54) is 23.5 Å². The van der Waals surface area contributed by atoms with Crippen LogP contribution in [0.4, 0.5) is 0 Å². The third-order valence-electron chi connectivity index (χ3n) is 3.96. The van der Waals surface area contributed by atoms with Crippen LogP contribution in [0.2, 0.25) is 0 Å². The minimum atomic E-state index is -0.245. The van der Waals surface area contributed by atoms with E-state index < -0.39 is 0 Å². The van der Waals surface area contributed by atoms with Gasteiger partial charge in [-0.15, -0.1) is 23.5 Å². The highest BCUT2D eigenvalue weighted by molar-refractivity contribution is 8.20. The first-order valence-electron chi connectivity index (χ1n) is 7.56. The number of carbonyl (C=O) groups is 1. The van der Waals surface area contributed by atoms with Crippen molar-refractivity contribution in [3.8, 4) is 0 Å². The van der Waals surface area contributed by atoms with Gasteiger partial charge in [0.1, 0.15) is 5.76 Å². The molecule has 1 aromatic heterocycles. The standard InChI is InChI=1S/C16H23NO2S2/c1-10-12-11(6-5-7-16(12)20-8-9-21-16)19-13(10)14(18)17-15(2,3)4/h5-9H2,1-4H3,(H,17,18). The van der Waals surface area contributed by atoms with Gasteiger partial charge in [0.05, 0.1) is 4.08 Å². The molecular weight excluding hydrogens is 302 g/mol. The molecular formula is C16H23NO2S2. The van der Waals surface area contributed by atoms with E-state index >= 15 is 0 Å². The van der Waals surface area contributed by atoms with E-state index in [2.05, 4.69) is 5.32 Å². The van der Waals surface area contributed by atoms with E-state index in [9.17, 15) is 4.79 Å². The van der Waals surface area contributed by atoms with Crippen LogP contribution < -0.4 is 5.32 Å². The number of carbonyl (C=O) groups excluding carboxylic acids is 1. The van der Waals surface area contributed by atoms with Crippen molar-refractivity contribution in [2.75, 3.05) is 11.5 Å². The molecule has 2 aliphatic rings. The van der Waals surface area contributed by atoms with Gasteiger partial charge >= 0.3 is 0 Å². The molecule has 1 amide bonds. The van der Waals surface area contributed by atoms with Crippen molar-refractivity contribution in [3.63, 3.8) is 0 Å². The minimum absolute atomic E-state index is 0.0856. The molecule has 21 heavy (non-hydrogen) atoms. The average molecular weight is 325 g/mol. The van der Waals surface area contributed by atoms with Crippen LogP contribution in [0, 0.1) is 6.92 Å². The maximum absolute atomic E-state index is 12.5. The van der Waals surface area contributed by atoms with Crippen molar-refractivity contribution in [2.45, 2.75) is 56.6 Å². The average Bonchev–Trinajstić information content (AvgIpc) is 2.94. The summed E-state index contributed by atoms with van der Waals surface area (Å²) in [6, 6.07) is 0. The van der Waals surface area contributed by atoms with Crippen LogP contribution in [0.15, 0.2) is 4.42 Å². The third-order valence-corrected chi connectivity index (χ3v) is 7.49. The molecule has 0 unspecified atom stereocenters. The van der Waals surface area contributed by atoms with Gasteiger partial charge in [0, 0.05) is 34.6 Å². The molecule has 0 aromatic carbocycles. The first kappa shape index (κ1) is 15.3. The van der Waals surface area contributed by atoms with Gasteiger partial charge in [-0.25, -0.2) is 0 Å². The SMILES string of the molecule is Cc1c(C(=O)NC(C)(C)C)oc2c1C1(CCC2)SCCS1. The van der Waals surface area contributed by atoms with Crippen molar-refractivity contribution < 1.29 is 9.21 Å². The summed E-state index contributed by atoms with van der Waals surface area (Å²) >= 11 is 4.06. The van der Waals surface area contributed by atoms with Crippen LogP contribution in [0.25, 0.3) is 0 Å². The van der Waals surface area contributed by atoms with E-state index in [0.29, 0.717) is 5.76 Å². The van der Waals surface area contributed by atoms with Crippen LogP contribution in [0.3, 0.4) is 0 Å². The van der Waals surface area contributed by atoms with Gasteiger partial charge in [0.2, 0.25) is 0 Å². The van der Waals surface area contributed by atoms with Crippen LogP contribution in [0.1, 0.15) is 61.1 Å². The molecule has 1 aliphatic heterocycles. The Balaban J connectivity index is 1.99. The van der Waals surface area contributed by atoms with Gasteiger partial charge in [-0.3, -0.25) is 4.79 Å². The predicted molar refractivity (Wildman–Crippen MR) is 90.2 cm³/mol. The Morgan fingerprint density at radius 2 is 1.95 bits per heavy atom. The Hall–Kier alpha value is -0.550. The number of hydrogen-bond acceptors (Lipinski definition) is 4. The van der Waals surface area contributed by atoms with Crippen molar-refractivity contribution in [1.29, 1.82) is 0 Å². The second-order valence-electron chi connectivity index (χ2n) is 6.86. The van der Waals surface area contributed by atoms with Gasteiger partial charge in [-0.1, -0.05) is 0 Å². The predicted octanol–water partition coefficient (Wildman–Crippen LogP) is 4.09. The minimum Gasteiger partial charge on any atom is -0.455 e. The number of nitrogens with one attached hydrogen (secondary N) is 1. The van der Waals surface area contributed by atoms with Crippen molar-refractivity contribution >= 4 is 29.4 Å². The fourth-order valence-electron chi connectivity index (χ4n) is 3.21. The molecule has 3 rings (SSSR count). The zero-order chi connectivity index (χ0) is 15.3. The van der Waals surface area contributed by atoms with E-state index in [0.717, 1.165) is 24.2 Å². The molecule has 3 nitrogen and oxygen atoms in total. The van der Waals surface area contributed by atoms with Crippen LogP contribution in [-0.2, 0) is 10.5 Å². The fourth-order valence-corrected chi connectivity index (χ4v) is 6.77. The third kappa shape index (κ3) is 2.74. The monoisotopic (exact) mass is 325 g/mol. The Morgan fingerprint density at radius 3 is 2.57 bits per heavy atom. The van der Waals surface area contributed by atoms with Gasteiger partial charge in [-0.05, 0) is 40.5 Å². The highest BCUT2D eigenvalue weighted by Crippen LogP contribution is 2.59. The molecule has 2 heterocycles. The molecule has 116 valence electrons. The van der Waals surface area contributed by atoms with Crippen molar-refractivity contribution in [3.05, 3.63) is 22.6 Å². The van der Waals surface area contributed by atoms with Gasteiger partial charge in [-0.2, -0.15) is 0 Å². The maximum Gasteiger partial charge on any atom is 0.287 e. The zero-order valence-corrected chi connectivity index (χ0v) is 14.8. The zero-order valence-electron chi connectivity index (χ0n) is 13.2. The highest BCUT2D eigenvalue weighted by atomic mass is 32.2. The number of hydrogen-bond donors (Lipinski definition) is 1. The topological polar surface area (TPSA) is 42.2 Å². The van der Waals surface area contributed by atoms with E-state index in [4.69, 9.17) is 4.42 Å². The smallest absolute Gasteiger partial charge is 0.287 e. The lowest BCUT2D eigenvalue weighted by Crippen LogP contribution is -2.40. The van der Waals surface area contributed by atoms with E-state index in [1.807, 2.05) is 51.2 Å². The molecule has 1 fully saturated rings. The summed E-state index contributed by atoms with van der Waals surface area (Å²) < 4.78 is 6.13. The first-order valence-corrected chi connectivity index (χ1v) is 9.53. The Morgan fingerprint density at radius 1 is 1.29 bits per heavy atom. The molecule has 0 atom stereocenters. The first-order chi connectivity index (χ1) is 9.82. The summed E-state index contributed by atoms with van der Waals surface area (Å²) in [5, 5.41) is 3.02. The lowest BCUT2D eigenvalue weighted by Gasteiger charge is -2.31. The number of furan rings is 1. The quantitative estimate of drug-likeness (QED) is 0.844. The molecule has 1 aliphatic carbocycles. The lowest BCUT2D eigenvalue weighted by atomic mass is 9.94. The van der Waals surface area contributed by atoms with Crippen molar-refractivity contribution in [2.24, 2.45) is 0 Å². The number of rotatable bonds is 1. The number of amides is 1. The Bertz CT molecular complexity index is 566. The molecule has 1 spiro atoms. The second kappa shape index (κ2) is 5.27. The van der Waals surface area contributed by atoms with Crippen LogP contribution in [-0.4, -0.2) is 23.0 Å². The van der Waals surface area contributed by atoms with E-state index in [1.54, 1.807) is 0 Å². The summed E-state index contributed by atoms with van der Waals surface area (Å²) in [5.74, 6) is 3.86. The van der Waals surface area contributed by atoms with Crippen LogP contribution >= 0.6 is 23.5 Å². The summed E-state index contributed by atoms with van der Waals surface area (Å²) in [6.07, 6.45) is 3.30. The maximum atomic E-state index is 12.5. The van der Waals surface area contributed by atoms with E-state index in [-0.39, 0.29) is 15.5 Å². The summed E-state index contributed by atoms with van der Waals surface area (Å²) in [6.45, 7) is 8.03. The highest BCUT2D eigenvalue weighted by Gasteiger charge is 2.45. The normalized spacial score (nSPS) is 20.6. The number of thioether (sulfide) groups is 2. The number of aryl methyl sites for hydroxylation is 1. The Kier molecular flexibility index (Phi) is 3.85. The van der Waals surface area contributed by atoms with Crippen LogP contribution in [0.5, 0.6) is 0 Å². The fraction of sp³-hybridized carbons (Fsp3) is 0.688. The van der Waals surface area contributed by atoms with Gasteiger partial charge < -0.3 is 9.73 Å². The molecule has 5 heteroatoms. The second-order valence-corrected chi connectivity index (χ2v) is 9.91. The largest absolute Gasteiger partial charge is 0.455 e. The lowest BCUT2D eigenvalue weighted by molar-refractivity contribution is 0.0888. The number of fused-ring (bicyclic) bond motifs is 2. The molecule has 1 N–H and O–H groups in total. The molecule has 1 saturated heterocycles. The molecule has 0 saturated carbocycles. The summed E-state index contributed by atoms with van der Waals surface area (Å²) in [5.41, 5.74) is 2.11. The summed E-state index contributed by atoms with van der Waals surface area (Å²) in [4.78, 5) is 12.5. The van der Waals surface area contributed by atoms with Gasteiger partial charge in [0.15, 0.2) is 5.76 Å². The molecule has 0 radical (unpaired) electrons. The van der Waals surface area contributed by atoms with Crippen molar-refractivity contribution in [1.82, 2.24) is 5.32 Å². The molecule has 0 bridgehead atoms. The summed E-state index contributed by atoms with van der Waals surface area (Å²) in [7, 11) is 0. The molecule has 1 aromatic rings.